The van der Waals surface area contributed by atoms with Crippen molar-refractivity contribution in [2.24, 2.45) is 5.92 Å². The minimum Gasteiger partial charge on any atom is -0.493 e. The first-order valence-electron chi connectivity index (χ1n) is 9.13. The van der Waals surface area contributed by atoms with Gasteiger partial charge in [0, 0.05) is 35.3 Å². The number of benzene rings is 1. The Morgan fingerprint density at radius 2 is 2.08 bits per heavy atom. The molecular weight excluding hydrogens is 304 g/mol. The summed E-state index contributed by atoms with van der Waals surface area (Å²) in [6.07, 6.45) is 7.13. The van der Waals surface area contributed by atoms with Crippen LogP contribution in [0.2, 0.25) is 0 Å². The second kappa shape index (κ2) is 5.20. The van der Waals surface area contributed by atoms with E-state index in [4.69, 9.17) is 14.2 Å². The number of ether oxygens (including phenoxy) is 3. The molecule has 2 aliphatic heterocycles. The molecule has 1 saturated heterocycles. The zero-order chi connectivity index (χ0) is 16.2. The van der Waals surface area contributed by atoms with Crippen LogP contribution in [0.5, 0.6) is 5.75 Å². The molecule has 1 aromatic heterocycles. The van der Waals surface area contributed by atoms with Crippen molar-refractivity contribution in [3.8, 4) is 5.75 Å². The molecule has 3 aliphatic rings. The number of aromatic nitrogens is 2. The predicted octanol–water partition coefficient (Wildman–Crippen LogP) is 3.54. The van der Waals surface area contributed by atoms with Gasteiger partial charge < -0.3 is 14.2 Å². The van der Waals surface area contributed by atoms with E-state index in [-0.39, 0.29) is 11.2 Å². The Bertz CT molecular complexity index is 765. The van der Waals surface area contributed by atoms with Crippen molar-refractivity contribution in [2.75, 3.05) is 19.8 Å². The summed E-state index contributed by atoms with van der Waals surface area (Å²) >= 11 is 0. The molecule has 1 aromatic carbocycles. The van der Waals surface area contributed by atoms with Gasteiger partial charge in [-0.1, -0.05) is 6.92 Å². The minimum atomic E-state index is -0.340. The second-order valence-corrected chi connectivity index (χ2v) is 7.46. The molecule has 1 saturated carbocycles. The molecule has 5 rings (SSSR count). The fourth-order valence-electron chi connectivity index (χ4n) is 5.23. The molecule has 3 heterocycles. The molecule has 1 N–H and O–H groups in total. The number of rotatable bonds is 1. The third kappa shape index (κ3) is 1.97. The predicted molar refractivity (Wildman–Crippen MR) is 90.2 cm³/mol. The molecule has 0 unspecified atom stereocenters. The number of nitrogens with one attached hydrogen (secondary N) is 1. The summed E-state index contributed by atoms with van der Waals surface area (Å²) in [6, 6.07) is 4.43. The number of hydrogen-bond donors (Lipinski definition) is 1. The Hall–Kier alpha value is -1.59. The zero-order valence-corrected chi connectivity index (χ0v) is 14.1. The Balaban J connectivity index is 1.63. The van der Waals surface area contributed by atoms with Crippen LogP contribution in [0.1, 0.15) is 44.6 Å². The van der Waals surface area contributed by atoms with Gasteiger partial charge in [0.15, 0.2) is 5.79 Å². The third-order valence-electron chi connectivity index (χ3n) is 6.54. The maximum Gasteiger partial charge on any atom is 0.168 e. The minimum absolute atomic E-state index is 0.151. The smallest absolute Gasteiger partial charge is 0.168 e. The quantitative estimate of drug-likeness (QED) is 0.870. The maximum absolute atomic E-state index is 6.17. The van der Waals surface area contributed by atoms with E-state index in [1.807, 2.05) is 6.20 Å². The first kappa shape index (κ1) is 14.7. The SMILES string of the molecule is CC[C@]12CCC3(C[C@H]1CCOc1cc4[nH]ncc4cc12)OCCO3. The Kier molecular flexibility index (Phi) is 3.19. The Morgan fingerprint density at radius 1 is 1.21 bits per heavy atom. The second-order valence-electron chi connectivity index (χ2n) is 7.46. The third-order valence-corrected chi connectivity index (χ3v) is 6.54. The molecule has 128 valence electrons. The number of hydrogen-bond acceptors (Lipinski definition) is 4. The number of aromatic amines is 1. The van der Waals surface area contributed by atoms with Crippen LogP contribution in [0.3, 0.4) is 0 Å². The van der Waals surface area contributed by atoms with Crippen molar-refractivity contribution in [1.29, 1.82) is 0 Å². The lowest BCUT2D eigenvalue weighted by Gasteiger charge is -2.49. The molecule has 2 fully saturated rings. The van der Waals surface area contributed by atoms with Crippen molar-refractivity contribution in [1.82, 2.24) is 10.2 Å². The summed E-state index contributed by atoms with van der Waals surface area (Å²) in [4.78, 5) is 0. The van der Waals surface area contributed by atoms with E-state index in [1.54, 1.807) is 0 Å². The lowest BCUT2D eigenvalue weighted by Crippen LogP contribution is -2.48. The monoisotopic (exact) mass is 328 g/mol. The largest absolute Gasteiger partial charge is 0.493 e. The topological polar surface area (TPSA) is 56.4 Å². The van der Waals surface area contributed by atoms with Crippen LogP contribution in [-0.4, -0.2) is 35.8 Å². The van der Waals surface area contributed by atoms with E-state index in [0.717, 1.165) is 63.2 Å². The number of H-pyrrole nitrogens is 1. The lowest BCUT2D eigenvalue weighted by atomic mass is 9.59. The first-order valence-corrected chi connectivity index (χ1v) is 9.13. The molecule has 0 amide bonds. The van der Waals surface area contributed by atoms with E-state index in [0.29, 0.717) is 5.92 Å². The van der Waals surface area contributed by atoms with Gasteiger partial charge >= 0.3 is 0 Å². The lowest BCUT2D eigenvalue weighted by molar-refractivity contribution is -0.199. The summed E-state index contributed by atoms with van der Waals surface area (Å²) in [5, 5.41) is 8.41. The molecule has 24 heavy (non-hydrogen) atoms. The van der Waals surface area contributed by atoms with Gasteiger partial charge in [-0.3, -0.25) is 5.10 Å². The highest BCUT2D eigenvalue weighted by atomic mass is 16.7. The first-order chi connectivity index (χ1) is 11.7. The van der Waals surface area contributed by atoms with Crippen LogP contribution in [0.25, 0.3) is 10.9 Å². The highest BCUT2D eigenvalue weighted by Gasteiger charge is 2.53. The molecule has 1 aliphatic carbocycles. The maximum atomic E-state index is 6.17. The molecule has 5 heteroatoms. The molecular formula is C19H24N2O3. The van der Waals surface area contributed by atoms with Crippen LogP contribution in [0.15, 0.2) is 18.3 Å². The van der Waals surface area contributed by atoms with E-state index in [9.17, 15) is 0 Å². The van der Waals surface area contributed by atoms with Crippen molar-refractivity contribution < 1.29 is 14.2 Å². The molecule has 1 spiro atoms. The van der Waals surface area contributed by atoms with Crippen LogP contribution < -0.4 is 4.74 Å². The van der Waals surface area contributed by atoms with Gasteiger partial charge in [-0.05, 0) is 31.2 Å². The Morgan fingerprint density at radius 3 is 2.92 bits per heavy atom. The molecule has 2 aromatic rings. The van der Waals surface area contributed by atoms with E-state index < -0.39 is 0 Å². The van der Waals surface area contributed by atoms with Crippen LogP contribution in [0, 0.1) is 5.92 Å². The normalized spacial score (nSPS) is 31.5. The highest BCUT2D eigenvalue weighted by molar-refractivity contribution is 5.81. The molecule has 0 bridgehead atoms. The standard InChI is InChI=1S/C19H24N2O3/c1-2-18-4-5-19(23-7-8-24-19)11-14(18)3-6-22-17-10-16-13(9-15(17)18)12-20-21-16/h9-10,12,14H,2-8,11H2,1H3,(H,20,21)/t14-,18+/m1/s1. The van der Waals surface area contributed by atoms with E-state index >= 15 is 0 Å². The van der Waals surface area contributed by atoms with E-state index in [2.05, 4.69) is 29.3 Å². The zero-order valence-electron chi connectivity index (χ0n) is 14.1. The summed E-state index contributed by atoms with van der Waals surface area (Å²) in [5.74, 6) is 1.22. The van der Waals surface area contributed by atoms with Crippen LogP contribution in [0.4, 0.5) is 0 Å². The highest BCUT2D eigenvalue weighted by Crippen LogP contribution is 2.56. The van der Waals surface area contributed by atoms with Crippen molar-refractivity contribution >= 4 is 10.9 Å². The van der Waals surface area contributed by atoms with Gasteiger partial charge in [-0.2, -0.15) is 5.10 Å². The van der Waals surface area contributed by atoms with Gasteiger partial charge in [0.2, 0.25) is 0 Å². The van der Waals surface area contributed by atoms with Crippen molar-refractivity contribution in [3.63, 3.8) is 0 Å². The average Bonchev–Trinajstić information content (AvgIpc) is 3.21. The molecule has 5 nitrogen and oxygen atoms in total. The van der Waals surface area contributed by atoms with Crippen molar-refractivity contribution in [3.05, 3.63) is 23.9 Å². The van der Waals surface area contributed by atoms with Gasteiger partial charge in [-0.15, -0.1) is 0 Å². The number of fused-ring (bicyclic) bond motifs is 4. The van der Waals surface area contributed by atoms with Crippen LogP contribution >= 0.6 is 0 Å². The van der Waals surface area contributed by atoms with Gasteiger partial charge in [0.05, 0.1) is 31.5 Å². The van der Waals surface area contributed by atoms with E-state index in [1.165, 1.54) is 10.9 Å². The fourth-order valence-corrected chi connectivity index (χ4v) is 5.23. The fraction of sp³-hybridized carbons (Fsp3) is 0.632. The summed E-state index contributed by atoms with van der Waals surface area (Å²) < 4.78 is 18.2. The van der Waals surface area contributed by atoms with Crippen molar-refractivity contribution in [2.45, 2.75) is 50.2 Å². The summed E-state index contributed by atoms with van der Waals surface area (Å²) in [6.45, 7) is 4.54. The van der Waals surface area contributed by atoms with Gasteiger partial charge in [0.1, 0.15) is 5.75 Å². The van der Waals surface area contributed by atoms with Crippen LogP contribution in [-0.2, 0) is 14.9 Å². The molecule has 0 radical (unpaired) electrons. The average molecular weight is 328 g/mol. The Labute approximate surface area is 141 Å². The van der Waals surface area contributed by atoms with Gasteiger partial charge in [0.25, 0.3) is 0 Å². The summed E-state index contributed by atoms with van der Waals surface area (Å²) in [7, 11) is 0. The summed E-state index contributed by atoms with van der Waals surface area (Å²) in [5.41, 5.74) is 2.56. The van der Waals surface area contributed by atoms with Gasteiger partial charge in [-0.25, -0.2) is 0 Å². The molecule has 2 atom stereocenters. The number of nitrogens with zero attached hydrogens (tertiary/aromatic N) is 1.